The second kappa shape index (κ2) is 5.36. The van der Waals surface area contributed by atoms with Crippen LogP contribution < -0.4 is 10.5 Å². The zero-order chi connectivity index (χ0) is 15.0. The minimum atomic E-state index is -3.70. The highest BCUT2D eigenvalue weighted by molar-refractivity contribution is 7.99. The lowest BCUT2D eigenvalue weighted by atomic mass is 10.1. The highest BCUT2D eigenvalue weighted by Gasteiger charge is 2.23. The zero-order valence-corrected chi connectivity index (χ0v) is 13.2. The van der Waals surface area contributed by atoms with Crippen molar-refractivity contribution in [3.63, 3.8) is 0 Å². The van der Waals surface area contributed by atoms with E-state index in [1.165, 1.54) is 16.5 Å². The maximum absolute atomic E-state index is 11.6. The van der Waals surface area contributed by atoms with Gasteiger partial charge in [-0.15, -0.1) is 11.8 Å². The Morgan fingerprint density at radius 3 is 2.71 bits per heavy atom. The van der Waals surface area contributed by atoms with Gasteiger partial charge in [0, 0.05) is 16.3 Å². The summed E-state index contributed by atoms with van der Waals surface area (Å²) in [6, 6.07) is 13.6. The SMILES string of the molecule is Cc1c(NC2CSc3ccccc32)cccc1S(N)(=O)=O. The third-order valence-corrected chi connectivity index (χ3v) is 5.86. The molecule has 0 radical (unpaired) electrons. The molecule has 2 aromatic carbocycles. The summed E-state index contributed by atoms with van der Waals surface area (Å²) in [7, 11) is -3.70. The minimum absolute atomic E-state index is 0.173. The van der Waals surface area contributed by atoms with E-state index in [1.807, 2.05) is 18.2 Å². The Hall–Kier alpha value is -1.50. The number of thioether (sulfide) groups is 1. The normalized spacial score (nSPS) is 17.5. The van der Waals surface area contributed by atoms with Crippen molar-refractivity contribution >= 4 is 27.5 Å². The van der Waals surface area contributed by atoms with Crippen molar-refractivity contribution in [1.29, 1.82) is 0 Å². The number of nitrogens with two attached hydrogens (primary N) is 1. The van der Waals surface area contributed by atoms with Crippen molar-refractivity contribution in [1.82, 2.24) is 0 Å². The quantitative estimate of drug-likeness (QED) is 0.912. The van der Waals surface area contributed by atoms with Gasteiger partial charge in [-0.1, -0.05) is 24.3 Å². The average molecular weight is 320 g/mol. The van der Waals surface area contributed by atoms with E-state index < -0.39 is 10.0 Å². The Balaban J connectivity index is 1.94. The van der Waals surface area contributed by atoms with Crippen LogP contribution in [0.4, 0.5) is 5.69 Å². The molecule has 0 aromatic heterocycles. The van der Waals surface area contributed by atoms with Crippen molar-refractivity contribution in [2.75, 3.05) is 11.1 Å². The Kier molecular flexibility index (Phi) is 3.69. The summed E-state index contributed by atoms with van der Waals surface area (Å²) in [5.74, 6) is 0.929. The van der Waals surface area contributed by atoms with Gasteiger partial charge in [0.15, 0.2) is 0 Å². The predicted molar refractivity (Wildman–Crippen MR) is 86.1 cm³/mol. The van der Waals surface area contributed by atoms with E-state index >= 15 is 0 Å². The average Bonchev–Trinajstić information content (AvgIpc) is 2.83. The molecule has 0 amide bonds. The van der Waals surface area contributed by atoms with Gasteiger partial charge in [0.25, 0.3) is 0 Å². The maximum Gasteiger partial charge on any atom is 0.238 e. The van der Waals surface area contributed by atoms with Gasteiger partial charge < -0.3 is 5.32 Å². The molecule has 0 fully saturated rings. The smallest absolute Gasteiger partial charge is 0.238 e. The van der Waals surface area contributed by atoms with E-state index in [1.54, 1.807) is 24.8 Å². The third-order valence-electron chi connectivity index (χ3n) is 3.62. The van der Waals surface area contributed by atoms with E-state index in [-0.39, 0.29) is 10.9 Å². The molecule has 1 heterocycles. The maximum atomic E-state index is 11.6. The van der Waals surface area contributed by atoms with Crippen LogP contribution in [-0.4, -0.2) is 14.2 Å². The standard InChI is InChI=1S/C15H16N2O2S2/c1-10-12(6-4-8-15(10)21(16,18)19)17-13-9-20-14-7-3-2-5-11(13)14/h2-8,13,17H,9H2,1H3,(H2,16,18,19). The number of rotatable bonds is 3. The fourth-order valence-corrected chi connectivity index (χ4v) is 4.51. The molecule has 6 heteroatoms. The predicted octanol–water partition coefficient (Wildman–Crippen LogP) is 2.90. The van der Waals surface area contributed by atoms with Gasteiger partial charge in [0.2, 0.25) is 10.0 Å². The van der Waals surface area contributed by atoms with Gasteiger partial charge in [0.05, 0.1) is 10.9 Å². The van der Waals surface area contributed by atoms with Crippen LogP contribution in [0.5, 0.6) is 0 Å². The molecule has 21 heavy (non-hydrogen) atoms. The fourth-order valence-electron chi connectivity index (χ4n) is 2.55. The first-order chi connectivity index (χ1) is 9.97. The van der Waals surface area contributed by atoms with Crippen LogP contribution >= 0.6 is 11.8 Å². The first-order valence-corrected chi connectivity index (χ1v) is 9.10. The highest BCUT2D eigenvalue weighted by atomic mass is 32.2. The Morgan fingerprint density at radius 2 is 1.95 bits per heavy atom. The van der Waals surface area contributed by atoms with Gasteiger partial charge in [-0.2, -0.15) is 0 Å². The number of primary sulfonamides is 1. The van der Waals surface area contributed by atoms with Crippen LogP contribution in [0.3, 0.4) is 0 Å². The lowest BCUT2D eigenvalue weighted by molar-refractivity contribution is 0.597. The summed E-state index contributed by atoms with van der Waals surface area (Å²) in [6.07, 6.45) is 0. The molecule has 1 atom stereocenters. The minimum Gasteiger partial charge on any atom is -0.377 e. The van der Waals surface area contributed by atoms with E-state index in [2.05, 4.69) is 17.4 Å². The molecule has 0 bridgehead atoms. The van der Waals surface area contributed by atoms with Crippen LogP contribution in [0.25, 0.3) is 0 Å². The van der Waals surface area contributed by atoms with E-state index in [0.29, 0.717) is 5.56 Å². The number of hydrogen-bond acceptors (Lipinski definition) is 4. The third kappa shape index (κ3) is 2.79. The number of sulfonamides is 1. The molecule has 0 spiro atoms. The van der Waals surface area contributed by atoms with Crippen LogP contribution in [0.15, 0.2) is 52.3 Å². The molecule has 1 aliphatic rings. The Bertz CT molecular complexity index is 788. The zero-order valence-electron chi connectivity index (χ0n) is 11.5. The summed E-state index contributed by atoms with van der Waals surface area (Å²) < 4.78 is 23.2. The first kappa shape index (κ1) is 14.4. The summed E-state index contributed by atoms with van der Waals surface area (Å²) in [4.78, 5) is 1.45. The largest absolute Gasteiger partial charge is 0.377 e. The fraction of sp³-hybridized carbons (Fsp3) is 0.200. The molecule has 2 aromatic rings. The van der Waals surface area contributed by atoms with Crippen molar-refractivity contribution in [3.05, 3.63) is 53.6 Å². The van der Waals surface area contributed by atoms with Gasteiger partial charge in [-0.25, -0.2) is 13.6 Å². The molecule has 110 valence electrons. The summed E-state index contributed by atoms with van der Waals surface area (Å²) in [6.45, 7) is 1.77. The molecular weight excluding hydrogens is 304 g/mol. The lowest BCUT2D eigenvalue weighted by Crippen LogP contribution is -2.16. The van der Waals surface area contributed by atoms with Gasteiger partial charge in [-0.3, -0.25) is 0 Å². The van der Waals surface area contributed by atoms with Crippen molar-refractivity contribution in [2.24, 2.45) is 5.14 Å². The summed E-state index contributed by atoms with van der Waals surface area (Å²) >= 11 is 1.81. The topological polar surface area (TPSA) is 72.2 Å². The molecule has 4 nitrogen and oxygen atoms in total. The number of anilines is 1. The number of fused-ring (bicyclic) bond motifs is 1. The molecule has 1 unspecified atom stereocenters. The van der Waals surface area contributed by atoms with Crippen LogP contribution in [0.1, 0.15) is 17.2 Å². The molecular formula is C15H16N2O2S2. The van der Waals surface area contributed by atoms with Gasteiger partial charge in [0.1, 0.15) is 0 Å². The van der Waals surface area contributed by atoms with Crippen molar-refractivity contribution in [3.8, 4) is 0 Å². The van der Waals surface area contributed by atoms with Crippen LogP contribution in [-0.2, 0) is 10.0 Å². The first-order valence-electron chi connectivity index (χ1n) is 6.57. The monoisotopic (exact) mass is 320 g/mol. The van der Waals surface area contributed by atoms with Gasteiger partial charge in [-0.05, 0) is 36.2 Å². The Labute approximate surface area is 128 Å². The molecule has 0 aliphatic carbocycles. The second-order valence-electron chi connectivity index (χ2n) is 5.02. The van der Waals surface area contributed by atoms with Crippen molar-refractivity contribution < 1.29 is 8.42 Å². The lowest BCUT2D eigenvalue weighted by Gasteiger charge is -2.18. The number of benzene rings is 2. The molecule has 3 N–H and O–H groups in total. The van der Waals surface area contributed by atoms with Crippen molar-refractivity contribution in [2.45, 2.75) is 22.8 Å². The molecule has 3 rings (SSSR count). The van der Waals surface area contributed by atoms with E-state index in [0.717, 1.165) is 11.4 Å². The van der Waals surface area contributed by atoms with E-state index in [9.17, 15) is 8.42 Å². The summed E-state index contributed by atoms with van der Waals surface area (Å²) in [5.41, 5.74) is 2.72. The van der Waals surface area contributed by atoms with Crippen LogP contribution in [0, 0.1) is 6.92 Å². The molecule has 0 saturated heterocycles. The van der Waals surface area contributed by atoms with E-state index in [4.69, 9.17) is 5.14 Å². The number of nitrogens with one attached hydrogen (secondary N) is 1. The highest BCUT2D eigenvalue weighted by Crippen LogP contribution is 2.40. The number of hydrogen-bond donors (Lipinski definition) is 2. The molecule has 1 aliphatic heterocycles. The van der Waals surface area contributed by atoms with Crippen LogP contribution in [0.2, 0.25) is 0 Å². The van der Waals surface area contributed by atoms with Gasteiger partial charge >= 0.3 is 0 Å². The Morgan fingerprint density at radius 1 is 1.19 bits per heavy atom. The molecule has 0 saturated carbocycles. The second-order valence-corrected chi connectivity index (χ2v) is 7.61. The summed E-state index contributed by atoms with van der Waals surface area (Å²) in [5, 5.41) is 8.69.